The molecule has 0 aliphatic rings. The van der Waals surface area contributed by atoms with E-state index in [-0.39, 0.29) is 5.75 Å². The van der Waals surface area contributed by atoms with Crippen molar-refractivity contribution >= 4 is 10.9 Å². The van der Waals surface area contributed by atoms with Gasteiger partial charge < -0.3 is 5.11 Å². The van der Waals surface area contributed by atoms with Crippen LogP contribution in [0.2, 0.25) is 0 Å². The Morgan fingerprint density at radius 1 is 1.12 bits per heavy atom. The normalized spacial score (nSPS) is 10.8. The Labute approximate surface area is 91.0 Å². The highest BCUT2D eigenvalue weighted by atomic mass is 16.3. The average Bonchev–Trinajstić information content (AvgIpc) is 2.83. The van der Waals surface area contributed by atoms with Crippen molar-refractivity contribution in [1.29, 1.82) is 0 Å². The van der Waals surface area contributed by atoms with Crippen molar-refractivity contribution in [1.82, 2.24) is 19.7 Å². The number of pyridine rings is 1. The van der Waals surface area contributed by atoms with Gasteiger partial charge >= 0.3 is 0 Å². The molecule has 0 bridgehead atoms. The molecule has 0 aliphatic heterocycles. The Balaban J connectivity index is 2.27. The van der Waals surface area contributed by atoms with Crippen molar-refractivity contribution in [2.24, 2.45) is 0 Å². The largest absolute Gasteiger partial charge is 0.506 e. The summed E-state index contributed by atoms with van der Waals surface area (Å²) in [6.45, 7) is 0. The van der Waals surface area contributed by atoms with E-state index in [9.17, 15) is 5.11 Å². The lowest BCUT2D eigenvalue weighted by atomic mass is 10.2. The van der Waals surface area contributed by atoms with Gasteiger partial charge in [0.05, 0.1) is 0 Å². The van der Waals surface area contributed by atoms with E-state index in [2.05, 4.69) is 15.1 Å². The highest BCUT2D eigenvalue weighted by Crippen LogP contribution is 2.22. The second-order valence-corrected chi connectivity index (χ2v) is 3.36. The van der Waals surface area contributed by atoms with Crippen LogP contribution in [0.15, 0.2) is 43.0 Å². The fourth-order valence-corrected chi connectivity index (χ4v) is 1.58. The molecular weight excluding hydrogens is 204 g/mol. The number of fused-ring (bicyclic) bond motifs is 1. The van der Waals surface area contributed by atoms with Crippen LogP contribution in [-0.4, -0.2) is 24.9 Å². The molecule has 0 saturated heterocycles. The van der Waals surface area contributed by atoms with Crippen molar-refractivity contribution in [3.8, 4) is 11.6 Å². The van der Waals surface area contributed by atoms with Crippen LogP contribution < -0.4 is 0 Å². The van der Waals surface area contributed by atoms with Gasteiger partial charge in [0.15, 0.2) is 5.82 Å². The Bertz CT molecular complexity index is 634. The van der Waals surface area contributed by atoms with Gasteiger partial charge in [0.2, 0.25) is 0 Å². The summed E-state index contributed by atoms with van der Waals surface area (Å²) in [6.07, 6.45) is 3.00. The SMILES string of the molecule is Oc1cccc2ccc(-n3cncn3)nc12. The van der Waals surface area contributed by atoms with Crippen molar-refractivity contribution < 1.29 is 5.11 Å². The zero-order valence-electron chi connectivity index (χ0n) is 8.28. The molecule has 0 radical (unpaired) electrons. The summed E-state index contributed by atoms with van der Waals surface area (Å²) in [5, 5.41) is 14.6. The predicted molar refractivity (Wildman–Crippen MR) is 58.3 cm³/mol. The van der Waals surface area contributed by atoms with Gasteiger partial charge in [0.25, 0.3) is 0 Å². The first-order chi connectivity index (χ1) is 7.84. The zero-order chi connectivity index (χ0) is 11.0. The van der Waals surface area contributed by atoms with E-state index >= 15 is 0 Å². The Morgan fingerprint density at radius 3 is 2.88 bits per heavy atom. The van der Waals surface area contributed by atoms with E-state index in [1.165, 1.54) is 6.33 Å². The minimum Gasteiger partial charge on any atom is -0.506 e. The Hall–Kier alpha value is -2.43. The molecule has 2 aromatic heterocycles. The number of phenolic OH excluding ortho intramolecular Hbond substituents is 1. The van der Waals surface area contributed by atoms with Crippen molar-refractivity contribution in [3.05, 3.63) is 43.0 Å². The minimum atomic E-state index is 0.166. The molecule has 2 heterocycles. The number of aromatic hydroxyl groups is 1. The van der Waals surface area contributed by atoms with Gasteiger partial charge in [0.1, 0.15) is 23.9 Å². The van der Waals surface area contributed by atoms with Gasteiger partial charge in [-0.1, -0.05) is 12.1 Å². The first kappa shape index (κ1) is 8.84. The summed E-state index contributed by atoms with van der Waals surface area (Å²) in [4.78, 5) is 8.18. The first-order valence-corrected chi connectivity index (χ1v) is 4.78. The molecular formula is C11H8N4O. The fourth-order valence-electron chi connectivity index (χ4n) is 1.58. The highest BCUT2D eigenvalue weighted by molar-refractivity contribution is 5.84. The summed E-state index contributed by atoms with van der Waals surface area (Å²) in [5.74, 6) is 0.797. The van der Waals surface area contributed by atoms with Crippen LogP contribution in [-0.2, 0) is 0 Å². The van der Waals surface area contributed by atoms with E-state index in [0.717, 1.165) is 5.39 Å². The number of hydrogen-bond acceptors (Lipinski definition) is 4. The number of para-hydroxylation sites is 1. The monoisotopic (exact) mass is 212 g/mol. The van der Waals surface area contributed by atoms with Gasteiger partial charge in [-0.2, -0.15) is 5.10 Å². The molecule has 0 amide bonds. The molecule has 0 aliphatic carbocycles. The molecule has 5 nitrogen and oxygen atoms in total. The van der Waals surface area contributed by atoms with E-state index in [4.69, 9.17) is 0 Å². The quantitative estimate of drug-likeness (QED) is 0.664. The van der Waals surface area contributed by atoms with Crippen LogP contribution in [0.3, 0.4) is 0 Å². The third-order valence-corrected chi connectivity index (χ3v) is 2.34. The van der Waals surface area contributed by atoms with Crippen LogP contribution in [0.1, 0.15) is 0 Å². The lowest BCUT2D eigenvalue weighted by Gasteiger charge is -2.03. The lowest BCUT2D eigenvalue weighted by Crippen LogP contribution is -1.97. The molecule has 3 rings (SSSR count). The topological polar surface area (TPSA) is 63.8 Å². The third-order valence-electron chi connectivity index (χ3n) is 2.34. The highest BCUT2D eigenvalue weighted by Gasteiger charge is 2.03. The van der Waals surface area contributed by atoms with E-state index in [1.54, 1.807) is 23.1 Å². The molecule has 5 heteroatoms. The van der Waals surface area contributed by atoms with Gasteiger partial charge in [-0.25, -0.2) is 14.6 Å². The number of aromatic nitrogens is 4. The maximum absolute atomic E-state index is 9.69. The van der Waals surface area contributed by atoms with Crippen LogP contribution in [0.4, 0.5) is 0 Å². The van der Waals surface area contributed by atoms with Crippen LogP contribution in [0, 0.1) is 0 Å². The summed E-state index contributed by atoms with van der Waals surface area (Å²) in [6, 6.07) is 9.01. The number of nitrogens with zero attached hydrogens (tertiary/aromatic N) is 4. The molecule has 0 saturated carbocycles. The summed E-state index contributed by atoms with van der Waals surface area (Å²) in [5.41, 5.74) is 0.565. The second kappa shape index (κ2) is 3.30. The Kier molecular flexibility index (Phi) is 1.83. The standard InChI is InChI=1S/C11H8N4O/c16-9-3-1-2-8-4-5-10(14-11(8)9)15-7-12-6-13-15/h1-7,16H. The zero-order valence-corrected chi connectivity index (χ0v) is 8.28. The Morgan fingerprint density at radius 2 is 2.06 bits per heavy atom. The maximum Gasteiger partial charge on any atom is 0.156 e. The molecule has 78 valence electrons. The molecule has 1 N–H and O–H groups in total. The summed E-state index contributed by atoms with van der Waals surface area (Å²) < 4.78 is 1.55. The third kappa shape index (κ3) is 1.30. The molecule has 0 fully saturated rings. The number of phenols is 1. The first-order valence-electron chi connectivity index (χ1n) is 4.78. The smallest absolute Gasteiger partial charge is 0.156 e. The van der Waals surface area contributed by atoms with Gasteiger partial charge in [-0.3, -0.25) is 0 Å². The van der Waals surface area contributed by atoms with Gasteiger partial charge in [-0.15, -0.1) is 0 Å². The van der Waals surface area contributed by atoms with E-state index in [0.29, 0.717) is 11.3 Å². The van der Waals surface area contributed by atoms with Crippen molar-refractivity contribution in [2.45, 2.75) is 0 Å². The number of hydrogen-bond donors (Lipinski definition) is 1. The van der Waals surface area contributed by atoms with Crippen LogP contribution >= 0.6 is 0 Å². The van der Waals surface area contributed by atoms with Gasteiger partial charge in [0, 0.05) is 5.39 Å². The molecule has 3 aromatic rings. The van der Waals surface area contributed by atoms with Crippen molar-refractivity contribution in [2.75, 3.05) is 0 Å². The van der Waals surface area contributed by atoms with Crippen molar-refractivity contribution in [3.63, 3.8) is 0 Å². The minimum absolute atomic E-state index is 0.166. The predicted octanol–water partition coefficient (Wildman–Crippen LogP) is 1.52. The lowest BCUT2D eigenvalue weighted by molar-refractivity contribution is 0.480. The molecule has 16 heavy (non-hydrogen) atoms. The number of rotatable bonds is 1. The van der Waals surface area contributed by atoms with Crippen LogP contribution in [0.25, 0.3) is 16.7 Å². The molecule has 1 aromatic carbocycles. The second-order valence-electron chi connectivity index (χ2n) is 3.36. The van der Waals surface area contributed by atoms with E-state index < -0.39 is 0 Å². The number of benzene rings is 1. The average molecular weight is 212 g/mol. The van der Waals surface area contributed by atoms with E-state index in [1.807, 2.05) is 18.2 Å². The van der Waals surface area contributed by atoms with Gasteiger partial charge in [-0.05, 0) is 18.2 Å². The molecule has 0 spiro atoms. The summed E-state index contributed by atoms with van der Waals surface area (Å²) in [7, 11) is 0. The van der Waals surface area contributed by atoms with Crippen LogP contribution in [0.5, 0.6) is 5.75 Å². The summed E-state index contributed by atoms with van der Waals surface area (Å²) >= 11 is 0. The molecule has 0 atom stereocenters. The molecule has 0 unspecified atom stereocenters. The maximum atomic E-state index is 9.69. The fraction of sp³-hybridized carbons (Fsp3) is 0.